The fourth-order valence-electron chi connectivity index (χ4n) is 4.80. The first-order chi connectivity index (χ1) is 18.8. The number of likely N-dealkylation sites (tertiary alicyclic amines) is 1. The van der Waals surface area contributed by atoms with Gasteiger partial charge in [0.15, 0.2) is 0 Å². The van der Waals surface area contributed by atoms with E-state index < -0.39 is 23.2 Å². The SMILES string of the molecule is CC(C)(C)OC(=O)N1CCCC(n2nc(-c3cnn(Cc4cc(F)ccc4C(F)(F)F)c3)c(C#N)c2N)CCC1. The Morgan fingerprint density at radius 3 is 2.48 bits per heavy atom. The molecule has 3 heterocycles. The average molecular weight is 562 g/mol. The van der Waals surface area contributed by atoms with Crippen molar-refractivity contribution in [1.29, 1.82) is 5.26 Å². The van der Waals surface area contributed by atoms with E-state index in [2.05, 4.69) is 16.3 Å². The third kappa shape index (κ3) is 6.55. The number of carbonyl (C=O) groups excluding carboxylic acids is 1. The summed E-state index contributed by atoms with van der Waals surface area (Å²) in [5.41, 5.74) is 5.32. The molecule has 13 heteroatoms. The number of carbonyl (C=O) groups is 1. The molecular weight excluding hydrogens is 530 g/mol. The lowest BCUT2D eigenvalue weighted by atomic mass is 10.0. The van der Waals surface area contributed by atoms with E-state index in [0.717, 1.165) is 12.1 Å². The average Bonchev–Trinajstić information content (AvgIpc) is 3.41. The van der Waals surface area contributed by atoms with Gasteiger partial charge in [-0.25, -0.2) is 13.9 Å². The third-order valence-corrected chi connectivity index (χ3v) is 6.60. The number of hydrogen-bond donors (Lipinski definition) is 1. The Hall–Kier alpha value is -4.08. The van der Waals surface area contributed by atoms with Gasteiger partial charge >= 0.3 is 12.3 Å². The van der Waals surface area contributed by atoms with Gasteiger partial charge in [-0.2, -0.15) is 28.6 Å². The van der Waals surface area contributed by atoms with Crippen LogP contribution in [0.5, 0.6) is 0 Å². The van der Waals surface area contributed by atoms with E-state index in [1.165, 1.54) is 17.1 Å². The first kappa shape index (κ1) is 28.9. The molecule has 1 fully saturated rings. The number of ether oxygens (including phenoxy) is 1. The number of rotatable bonds is 4. The zero-order valence-electron chi connectivity index (χ0n) is 22.5. The van der Waals surface area contributed by atoms with E-state index in [1.54, 1.807) is 9.58 Å². The van der Waals surface area contributed by atoms with Crippen LogP contribution in [0.2, 0.25) is 0 Å². The Morgan fingerprint density at radius 1 is 1.20 bits per heavy atom. The zero-order valence-corrected chi connectivity index (χ0v) is 22.5. The van der Waals surface area contributed by atoms with E-state index in [1.807, 2.05) is 20.8 Å². The minimum atomic E-state index is -4.65. The highest BCUT2D eigenvalue weighted by Crippen LogP contribution is 2.34. The van der Waals surface area contributed by atoms with Gasteiger partial charge < -0.3 is 15.4 Å². The van der Waals surface area contributed by atoms with Crippen LogP contribution in [0.3, 0.4) is 0 Å². The van der Waals surface area contributed by atoms with Gasteiger partial charge in [-0.05, 0) is 70.2 Å². The first-order valence-electron chi connectivity index (χ1n) is 12.9. The highest BCUT2D eigenvalue weighted by atomic mass is 19.4. The number of aromatic nitrogens is 4. The molecule has 1 aliphatic rings. The summed E-state index contributed by atoms with van der Waals surface area (Å²) in [6.07, 6.45) is 0.508. The van der Waals surface area contributed by atoms with Crippen molar-refractivity contribution >= 4 is 11.9 Å². The van der Waals surface area contributed by atoms with Gasteiger partial charge in [0.1, 0.15) is 34.6 Å². The summed E-state index contributed by atoms with van der Waals surface area (Å²) < 4.78 is 62.3. The Balaban J connectivity index is 1.53. The van der Waals surface area contributed by atoms with Crippen LogP contribution in [0.1, 0.15) is 69.2 Å². The second kappa shape index (κ2) is 11.2. The van der Waals surface area contributed by atoms with E-state index >= 15 is 0 Å². The van der Waals surface area contributed by atoms with Gasteiger partial charge in [0, 0.05) is 24.8 Å². The first-order valence-corrected chi connectivity index (χ1v) is 12.9. The Bertz CT molecular complexity index is 1410. The van der Waals surface area contributed by atoms with Crippen molar-refractivity contribution in [3.8, 4) is 17.3 Å². The highest BCUT2D eigenvalue weighted by Gasteiger charge is 2.33. The number of halogens is 4. The summed E-state index contributed by atoms with van der Waals surface area (Å²) in [5, 5.41) is 18.6. The van der Waals surface area contributed by atoms with Gasteiger partial charge in [0.2, 0.25) is 0 Å². The lowest BCUT2D eigenvalue weighted by molar-refractivity contribution is -0.138. The minimum Gasteiger partial charge on any atom is -0.444 e. The van der Waals surface area contributed by atoms with Crippen molar-refractivity contribution in [2.24, 2.45) is 0 Å². The van der Waals surface area contributed by atoms with E-state index in [-0.39, 0.29) is 41.3 Å². The minimum absolute atomic E-state index is 0.113. The van der Waals surface area contributed by atoms with Crippen molar-refractivity contribution in [2.45, 2.75) is 70.8 Å². The summed E-state index contributed by atoms with van der Waals surface area (Å²) in [7, 11) is 0. The van der Waals surface area contributed by atoms with Crippen molar-refractivity contribution < 1.29 is 27.1 Å². The van der Waals surface area contributed by atoms with Crippen LogP contribution >= 0.6 is 0 Å². The molecular formula is C27H31F4N7O2. The van der Waals surface area contributed by atoms with E-state index in [9.17, 15) is 27.6 Å². The fraction of sp³-hybridized carbons (Fsp3) is 0.481. The molecule has 0 saturated carbocycles. The molecule has 2 aromatic heterocycles. The lowest BCUT2D eigenvalue weighted by Crippen LogP contribution is -2.39. The normalized spacial score (nSPS) is 15.4. The molecule has 0 spiro atoms. The smallest absolute Gasteiger partial charge is 0.416 e. The molecule has 2 N–H and O–H groups in total. The number of benzene rings is 1. The standard InChI is InChI=1S/C27H31F4N7O2/c1-26(2,3)40-25(39)36-10-4-6-20(7-5-11-36)38-24(33)21(13-32)23(35-38)18-14-34-37(16-18)15-17-12-19(28)8-9-22(17)27(29,30)31/h8-9,12,14,16,20H,4-7,10-11,15,33H2,1-3H3. The molecule has 1 saturated heterocycles. The summed E-state index contributed by atoms with van der Waals surface area (Å²) in [6, 6.07) is 4.26. The topological polar surface area (TPSA) is 115 Å². The van der Waals surface area contributed by atoms with Gasteiger partial charge in [-0.1, -0.05) is 0 Å². The van der Waals surface area contributed by atoms with E-state index in [0.29, 0.717) is 50.4 Å². The molecule has 4 rings (SSSR count). The molecule has 0 bridgehead atoms. The Kier molecular flexibility index (Phi) is 8.09. The molecule has 1 aromatic carbocycles. The number of amides is 1. The summed E-state index contributed by atoms with van der Waals surface area (Å²) in [4.78, 5) is 14.2. The maximum Gasteiger partial charge on any atom is 0.416 e. The number of alkyl halides is 3. The molecule has 3 aromatic rings. The monoisotopic (exact) mass is 561 g/mol. The van der Waals surface area contributed by atoms with Gasteiger partial charge in [0.25, 0.3) is 0 Å². The van der Waals surface area contributed by atoms with Crippen LogP contribution in [-0.2, 0) is 17.5 Å². The number of nitrogens with two attached hydrogens (primary N) is 1. The predicted molar refractivity (Wildman–Crippen MR) is 138 cm³/mol. The maximum absolute atomic E-state index is 13.7. The van der Waals surface area contributed by atoms with Crippen LogP contribution < -0.4 is 5.73 Å². The lowest BCUT2D eigenvalue weighted by Gasteiger charge is -2.30. The molecule has 0 atom stereocenters. The molecule has 1 amide bonds. The molecule has 0 radical (unpaired) electrons. The summed E-state index contributed by atoms with van der Waals surface area (Å²) >= 11 is 0. The molecule has 9 nitrogen and oxygen atoms in total. The van der Waals surface area contributed by atoms with Crippen LogP contribution in [0.25, 0.3) is 11.3 Å². The number of hydrogen-bond acceptors (Lipinski definition) is 6. The number of nitrogen functional groups attached to an aromatic ring is 1. The number of anilines is 1. The number of nitrogens with zero attached hydrogens (tertiary/aromatic N) is 6. The van der Waals surface area contributed by atoms with Gasteiger partial charge in [-0.15, -0.1) is 0 Å². The van der Waals surface area contributed by atoms with Gasteiger partial charge in [-0.3, -0.25) is 4.68 Å². The van der Waals surface area contributed by atoms with E-state index in [4.69, 9.17) is 10.5 Å². The molecule has 1 aliphatic heterocycles. The largest absolute Gasteiger partial charge is 0.444 e. The second-order valence-corrected chi connectivity index (χ2v) is 10.8. The second-order valence-electron chi connectivity index (χ2n) is 10.8. The van der Waals surface area contributed by atoms with Crippen LogP contribution in [0.4, 0.5) is 28.2 Å². The Labute approximate surface area is 229 Å². The third-order valence-electron chi connectivity index (χ3n) is 6.60. The van der Waals surface area contributed by atoms with Crippen molar-refractivity contribution in [3.63, 3.8) is 0 Å². The molecule has 0 unspecified atom stereocenters. The number of nitriles is 1. The van der Waals surface area contributed by atoms with Crippen molar-refractivity contribution in [3.05, 3.63) is 53.1 Å². The van der Waals surface area contributed by atoms with Crippen LogP contribution in [0.15, 0.2) is 30.6 Å². The molecule has 214 valence electrons. The molecule has 40 heavy (non-hydrogen) atoms. The van der Waals surface area contributed by atoms with Crippen molar-refractivity contribution in [2.75, 3.05) is 18.8 Å². The van der Waals surface area contributed by atoms with Gasteiger partial charge in [0.05, 0.1) is 24.3 Å². The van der Waals surface area contributed by atoms with Crippen LogP contribution in [0, 0.1) is 17.1 Å². The van der Waals surface area contributed by atoms with Crippen molar-refractivity contribution in [1.82, 2.24) is 24.5 Å². The zero-order chi connectivity index (χ0) is 29.2. The highest BCUT2D eigenvalue weighted by molar-refractivity contribution is 5.72. The summed E-state index contributed by atoms with van der Waals surface area (Å²) in [6.45, 7) is 6.15. The summed E-state index contributed by atoms with van der Waals surface area (Å²) in [5.74, 6) is -0.605. The molecule has 0 aliphatic carbocycles. The quantitative estimate of drug-likeness (QED) is 0.405. The van der Waals surface area contributed by atoms with Crippen LogP contribution in [-0.4, -0.2) is 49.2 Å². The maximum atomic E-state index is 13.7. The Morgan fingerprint density at radius 2 is 1.88 bits per heavy atom. The fourth-order valence-corrected chi connectivity index (χ4v) is 4.80. The predicted octanol–water partition coefficient (Wildman–Crippen LogP) is 5.76.